The lowest BCUT2D eigenvalue weighted by atomic mass is 9.52. The van der Waals surface area contributed by atoms with Crippen molar-refractivity contribution in [2.45, 2.75) is 50.7 Å². The summed E-state index contributed by atoms with van der Waals surface area (Å²) in [5, 5.41) is 8.97. The topological polar surface area (TPSA) is 68.3 Å². The van der Waals surface area contributed by atoms with Crippen LogP contribution in [0, 0.1) is 5.41 Å². The van der Waals surface area contributed by atoms with Crippen molar-refractivity contribution in [3.05, 3.63) is 64.4 Å². The second-order valence-electron chi connectivity index (χ2n) is 9.21. The Morgan fingerprint density at radius 3 is 2.69 bits per heavy atom. The highest BCUT2D eigenvalue weighted by molar-refractivity contribution is 7.09. The van der Waals surface area contributed by atoms with Gasteiger partial charge in [-0.05, 0) is 54.9 Å². The molecule has 32 heavy (non-hydrogen) atoms. The van der Waals surface area contributed by atoms with Crippen molar-refractivity contribution in [3.63, 3.8) is 0 Å². The van der Waals surface area contributed by atoms with Gasteiger partial charge in [0.1, 0.15) is 5.82 Å². The molecule has 0 unspecified atom stereocenters. The van der Waals surface area contributed by atoms with Crippen molar-refractivity contribution in [1.82, 2.24) is 14.7 Å². The van der Waals surface area contributed by atoms with Gasteiger partial charge in [0.05, 0.1) is 0 Å². The quantitative estimate of drug-likeness (QED) is 0.507. The number of nitrogens with one attached hydrogen (secondary N) is 2. The van der Waals surface area contributed by atoms with E-state index in [1.54, 1.807) is 0 Å². The first-order chi connectivity index (χ1) is 15.6. The summed E-state index contributed by atoms with van der Waals surface area (Å²) in [5.41, 5.74) is 2.86. The number of hydrogen-bond acceptors (Lipinski definition) is 7. The zero-order valence-corrected chi connectivity index (χ0v) is 19.2. The summed E-state index contributed by atoms with van der Waals surface area (Å²) in [6, 6.07) is 15.1. The fourth-order valence-electron chi connectivity index (χ4n) is 5.28. The third kappa shape index (κ3) is 4.05. The number of anilines is 1. The fourth-order valence-corrected chi connectivity index (χ4v) is 6.07. The number of aromatic nitrogens is 2. The molecule has 2 aliphatic carbocycles. The zero-order chi connectivity index (χ0) is 21.5. The van der Waals surface area contributed by atoms with Crippen LogP contribution in [0.25, 0.3) is 0 Å². The molecule has 1 aromatic heterocycles. The van der Waals surface area contributed by atoms with E-state index >= 15 is 0 Å². The maximum atomic E-state index is 5.96. The minimum absolute atomic E-state index is 0.324. The Kier molecular flexibility index (Phi) is 5.20. The second-order valence-corrected chi connectivity index (χ2v) is 10.4. The van der Waals surface area contributed by atoms with E-state index < -0.39 is 0 Å². The number of ether oxygens (including phenoxy) is 2. The number of rotatable bonds is 7. The third-order valence-electron chi connectivity index (χ3n) is 6.85. The molecule has 3 aliphatic rings. The van der Waals surface area contributed by atoms with Gasteiger partial charge in [0, 0.05) is 47.2 Å². The smallest absolute Gasteiger partial charge is 0.231 e. The second kappa shape index (κ2) is 8.21. The lowest BCUT2D eigenvalue weighted by Gasteiger charge is -2.58. The number of hydrogen-bond donors (Lipinski definition) is 2. The SMILES string of the molecule is Clc1ccc(Cc2nsc(NC3CC4(CC(NCc5cccc6c5OCO6)C4)C3)n2)cc1. The van der Waals surface area contributed by atoms with E-state index in [9.17, 15) is 0 Å². The molecule has 1 spiro atoms. The normalized spacial score (nSPS) is 25.4. The van der Waals surface area contributed by atoms with Crippen LogP contribution >= 0.6 is 23.1 Å². The summed E-state index contributed by atoms with van der Waals surface area (Å²) in [7, 11) is 0. The molecule has 3 aromatic rings. The monoisotopic (exact) mass is 468 g/mol. The Hall–Kier alpha value is -2.35. The van der Waals surface area contributed by atoms with E-state index in [-0.39, 0.29) is 0 Å². The molecule has 2 aromatic carbocycles. The standard InChI is InChI=1S/C24H25ClN4O2S/c25-17-6-4-15(5-7-17)8-21-28-23(32-29-21)27-19-11-24(12-19)9-18(10-24)26-13-16-2-1-3-20-22(16)31-14-30-20/h1-7,18-19,26H,8-14H2,(H,27,28,29). The Bertz CT molecular complexity index is 1110. The number of para-hydroxylation sites is 1. The molecule has 1 aliphatic heterocycles. The molecule has 6 nitrogen and oxygen atoms in total. The summed E-state index contributed by atoms with van der Waals surface area (Å²) < 4.78 is 15.6. The highest BCUT2D eigenvalue weighted by Gasteiger charge is 2.52. The Labute approximate surface area is 196 Å². The van der Waals surface area contributed by atoms with Crippen molar-refractivity contribution in [3.8, 4) is 11.5 Å². The molecule has 0 atom stereocenters. The lowest BCUT2D eigenvalue weighted by molar-refractivity contribution is -0.0126. The van der Waals surface area contributed by atoms with Gasteiger partial charge in [-0.2, -0.15) is 4.37 Å². The van der Waals surface area contributed by atoms with Crippen molar-refractivity contribution >= 4 is 28.3 Å². The van der Waals surface area contributed by atoms with E-state index in [4.69, 9.17) is 21.1 Å². The zero-order valence-electron chi connectivity index (χ0n) is 17.6. The van der Waals surface area contributed by atoms with Crippen LogP contribution in [-0.2, 0) is 13.0 Å². The van der Waals surface area contributed by atoms with E-state index in [1.807, 2.05) is 36.4 Å². The van der Waals surface area contributed by atoms with Crippen molar-refractivity contribution in [1.29, 1.82) is 0 Å². The molecule has 8 heteroatoms. The third-order valence-corrected chi connectivity index (χ3v) is 7.78. The number of nitrogens with zero attached hydrogens (tertiary/aromatic N) is 2. The summed E-state index contributed by atoms with van der Waals surface area (Å²) in [6.45, 7) is 1.15. The van der Waals surface area contributed by atoms with Crippen LogP contribution in [0.4, 0.5) is 5.13 Å². The van der Waals surface area contributed by atoms with E-state index in [0.717, 1.165) is 40.4 Å². The van der Waals surface area contributed by atoms with Crippen LogP contribution in [0.1, 0.15) is 42.6 Å². The molecule has 0 bridgehead atoms. The summed E-state index contributed by atoms with van der Waals surface area (Å²) >= 11 is 7.42. The molecule has 6 rings (SSSR count). The molecule has 2 heterocycles. The van der Waals surface area contributed by atoms with Gasteiger partial charge in [0.25, 0.3) is 0 Å². The van der Waals surface area contributed by atoms with Gasteiger partial charge in [-0.15, -0.1) is 0 Å². The van der Waals surface area contributed by atoms with E-state index in [2.05, 4.69) is 26.1 Å². The molecular formula is C24H25ClN4O2S. The molecule has 166 valence electrons. The summed E-state index contributed by atoms with van der Waals surface area (Å²) in [4.78, 5) is 4.68. The minimum Gasteiger partial charge on any atom is -0.454 e. The molecular weight excluding hydrogens is 444 g/mol. The summed E-state index contributed by atoms with van der Waals surface area (Å²) in [6.07, 6.45) is 5.66. The average Bonchev–Trinajstić information content (AvgIpc) is 3.39. The van der Waals surface area contributed by atoms with Gasteiger partial charge in [0.15, 0.2) is 11.5 Å². The largest absolute Gasteiger partial charge is 0.454 e. The maximum absolute atomic E-state index is 5.96. The summed E-state index contributed by atoms with van der Waals surface area (Å²) in [5.74, 6) is 2.62. The van der Waals surface area contributed by atoms with E-state index in [0.29, 0.717) is 24.3 Å². The minimum atomic E-state index is 0.324. The predicted molar refractivity (Wildman–Crippen MR) is 126 cm³/mol. The Balaban J connectivity index is 0.947. The van der Waals surface area contributed by atoms with Crippen LogP contribution < -0.4 is 20.1 Å². The van der Waals surface area contributed by atoms with Crippen LogP contribution in [-0.4, -0.2) is 28.2 Å². The van der Waals surface area contributed by atoms with Gasteiger partial charge in [-0.25, -0.2) is 4.98 Å². The molecule has 2 fully saturated rings. The van der Waals surface area contributed by atoms with Crippen molar-refractivity contribution in [2.24, 2.45) is 5.41 Å². The molecule has 2 N–H and O–H groups in total. The lowest BCUT2D eigenvalue weighted by Crippen LogP contribution is -2.58. The fraction of sp³-hybridized carbons (Fsp3) is 0.417. The first kappa shape index (κ1) is 20.3. The van der Waals surface area contributed by atoms with Crippen molar-refractivity contribution < 1.29 is 9.47 Å². The van der Waals surface area contributed by atoms with Gasteiger partial charge in [0.2, 0.25) is 11.9 Å². The predicted octanol–water partition coefficient (Wildman–Crippen LogP) is 5.02. The highest BCUT2D eigenvalue weighted by Crippen LogP contribution is 2.56. The maximum Gasteiger partial charge on any atom is 0.231 e. The van der Waals surface area contributed by atoms with Gasteiger partial charge >= 0.3 is 0 Å². The molecule has 0 saturated heterocycles. The Morgan fingerprint density at radius 2 is 1.84 bits per heavy atom. The van der Waals surface area contributed by atoms with Crippen LogP contribution in [0.2, 0.25) is 5.02 Å². The van der Waals surface area contributed by atoms with Crippen molar-refractivity contribution in [2.75, 3.05) is 12.1 Å². The van der Waals surface area contributed by atoms with Crippen LogP contribution in [0.15, 0.2) is 42.5 Å². The van der Waals surface area contributed by atoms with Gasteiger partial charge < -0.3 is 20.1 Å². The number of benzene rings is 2. The number of halogens is 1. The van der Waals surface area contributed by atoms with Crippen LogP contribution in [0.5, 0.6) is 11.5 Å². The molecule has 0 radical (unpaired) electrons. The molecule has 2 saturated carbocycles. The van der Waals surface area contributed by atoms with Gasteiger partial charge in [-0.1, -0.05) is 35.9 Å². The number of fused-ring (bicyclic) bond motifs is 1. The first-order valence-electron chi connectivity index (χ1n) is 11.1. The molecule has 0 amide bonds. The first-order valence-corrected chi connectivity index (χ1v) is 12.2. The van der Waals surface area contributed by atoms with Crippen LogP contribution in [0.3, 0.4) is 0 Å². The average molecular weight is 469 g/mol. The van der Waals surface area contributed by atoms with Gasteiger partial charge in [-0.3, -0.25) is 0 Å². The highest BCUT2D eigenvalue weighted by atomic mass is 35.5. The Morgan fingerprint density at radius 1 is 1.03 bits per heavy atom. The van der Waals surface area contributed by atoms with E-state index in [1.165, 1.54) is 48.3 Å².